The molecule has 0 aromatic carbocycles. The first-order valence-electron chi connectivity index (χ1n) is 1.03. The van der Waals surface area contributed by atoms with E-state index >= 15 is 0 Å². The van der Waals surface area contributed by atoms with Crippen LogP contribution >= 0.6 is 7.87 Å². The summed E-state index contributed by atoms with van der Waals surface area (Å²) in [6.45, 7) is 0. The minimum absolute atomic E-state index is 2.39. The molecule has 0 aliphatic heterocycles. The Morgan fingerprint density at radius 3 is 0.800 bits per heavy atom. The first-order valence-corrected chi connectivity index (χ1v) is 3.10. The summed E-state index contributed by atoms with van der Waals surface area (Å²) in [5.41, 5.74) is 19.2. The molecule has 5 heavy (non-hydrogen) atoms. The molecule has 0 heterocycles. The molecule has 0 amide bonds. The number of nitrogens with two attached hydrogens (primary N) is 4. The van der Waals surface area contributed by atoms with Crippen molar-refractivity contribution >= 4 is 7.87 Å². The number of rotatable bonds is 0. The number of hydrogen-bond acceptors (Lipinski definition) is 4. The summed E-state index contributed by atoms with van der Waals surface area (Å²) in [6.07, 6.45) is 0. The Balaban J connectivity index is 3.02. The van der Waals surface area contributed by atoms with Crippen LogP contribution < -0.4 is 22.0 Å². The van der Waals surface area contributed by atoms with Gasteiger partial charge in [0.05, 0.1) is 0 Å². The lowest BCUT2D eigenvalue weighted by atomic mass is 13.8. The van der Waals surface area contributed by atoms with Crippen LogP contribution in [0.15, 0.2) is 0 Å². The summed E-state index contributed by atoms with van der Waals surface area (Å²) in [5.74, 6) is 0. The Labute approximate surface area is 31.0 Å². The molecule has 0 fully saturated rings. The van der Waals surface area contributed by atoms with E-state index in [0.717, 1.165) is 0 Å². The van der Waals surface area contributed by atoms with Gasteiger partial charge in [-0.3, -0.25) is 0 Å². The van der Waals surface area contributed by atoms with Crippen molar-refractivity contribution in [3.63, 3.8) is 0 Å². The lowest BCUT2D eigenvalue weighted by Gasteiger charge is -1.95. The van der Waals surface area contributed by atoms with Crippen molar-refractivity contribution < 1.29 is 0 Å². The molecule has 0 bridgehead atoms. The van der Waals surface area contributed by atoms with E-state index in [9.17, 15) is 0 Å². The second-order valence-electron chi connectivity index (χ2n) is 0.894. The molecular weight excluding hydrogens is 87.0 g/mol. The summed E-state index contributed by atoms with van der Waals surface area (Å²) < 4.78 is 0. The minimum Gasteiger partial charge on any atom is -0.159 e. The van der Waals surface area contributed by atoms with Gasteiger partial charge in [-0.15, -0.1) is 0 Å². The predicted octanol–water partition coefficient (Wildman–Crippen LogP) is -1.50. The Morgan fingerprint density at radius 2 is 0.800 bits per heavy atom. The van der Waals surface area contributed by atoms with Gasteiger partial charge in [0, 0.05) is 0 Å². The second kappa shape index (κ2) is 1.16. The van der Waals surface area contributed by atoms with E-state index in [1.807, 2.05) is 0 Å². The first kappa shape index (κ1) is 5.27. The highest BCUT2D eigenvalue weighted by atomic mass is 31.2. The summed E-state index contributed by atoms with van der Waals surface area (Å²) in [7, 11) is -2.39. The quantitative estimate of drug-likeness (QED) is 0.275. The third-order valence-electron chi connectivity index (χ3n) is 0. The van der Waals surface area contributed by atoms with Gasteiger partial charge in [-0.1, -0.05) is 0 Å². The standard InChI is InChI=1S/H8N4P/c1-5(2,3)4/h1-4H2/q+1. The average molecular weight is 95.1 g/mol. The van der Waals surface area contributed by atoms with E-state index < -0.39 is 7.87 Å². The second-order valence-corrected chi connectivity index (χ2v) is 2.68. The summed E-state index contributed by atoms with van der Waals surface area (Å²) in [4.78, 5) is 0. The van der Waals surface area contributed by atoms with Crippen molar-refractivity contribution in [2.24, 2.45) is 22.0 Å². The molecule has 0 aromatic heterocycles. The molecule has 32 valence electrons. The van der Waals surface area contributed by atoms with Gasteiger partial charge in [-0.25, -0.2) is 0 Å². The van der Waals surface area contributed by atoms with E-state index in [-0.39, 0.29) is 0 Å². The highest BCUT2D eigenvalue weighted by Crippen LogP contribution is 2.13. The zero-order chi connectivity index (χ0) is 4.50. The largest absolute Gasteiger partial charge is 0.287 e. The summed E-state index contributed by atoms with van der Waals surface area (Å²) >= 11 is 0. The fraction of sp³-hybridized carbons (Fsp3) is 0. The highest BCUT2D eigenvalue weighted by molar-refractivity contribution is 7.66. The van der Waals surface area contributed by atoms with Crippen LogP contribution in [-0.2, 0) is 0 Å². The van der Waals surface area contributed by atoms with E-state index in [0.29, 0.717) is 0 Å². The molecule has 8 N–H and O–H groups in total. The van der Waals surface area contributed by atoms with Gasteiger partial charge < -0.3 is 0 Å². The molecule has 5 heteroatoms. The van der Waals surface area contributed by atoms with Gasteiger partial charge in [-0.2, -0.15) is 22.0 Å². The van der Waals surface area contributed by atoms with Gasteiger partial charge >= 0.3 is 0 Å². The van der Waals surface area contributed by atoms with E-state index in [1.54, 1.807) is 0 Å². The topological polar surface area (TPSA) is 104 Å². The Hall–Kier alpha value is 0.270. The van der Waals surface area contributed by atoms with Crippen LogP contribution in [0.25, 0.3) is 0 Å². The Bertz CT molecular complexity index is 19.1. The van der Waals surface area contributed by atoms with E-state index in [1.165, 1.54) is 0 Å². The molecule has 0 spiro atoms. The van der Waals surface area contributed by atoms with Crippen LogP contribution in [0.2, 0.25) is 0 Å². The lowest BCUT2D eigenvalue weighted by molar-refractivity contribution is 1.52. The van der Waals surface area contributed by atoms with Crippen molar-refractivity contribution in [2.75, 3.05) is 0 Å². The van der Waals surface area contributed by atoms with Crippen LogP contribution in [-0.4, -0.2) is 0 Å². The van der Waals surface area contributed by atoms with Crippen molar-refractivity contribution in [1.29, 1.82) is 0 Å². The monoisotopic (exact) mass is 95.0 g/mol. The summed E-state index contributed by atoms with van der Waals surface area (Å²) in [5, 5.41) is 0. The predicted molar refractivity (Wildman–Crippen MR) is 23.7 cm³/mol. The number of hydrogen-bond donors (Lipinski definition) is 4. The molecule has 4 nitrogen and oxygen atoms in total. The van der Waals surface area contributed by atoms with Gasteiger partial charge in [0.25, 0.3) is 7.87 Å². The van der Waals surface area contributed by atoms with Gasteiger partial charge in [0.15, 0.2) is 0 Å². The van der Waals surface area contributed by atoms with Crippen LogP contribution in [0.3, 0.4) is 0 Å². The fourth-order valence-corrected chi connectivity index (χ4v) is 0. The zero-order valence-corrected chi connectivity index (χ0v) is 3.65. The van der Waals surface area contributed by atoms with Crippen LogP contribution in [0.1, 0.15) is 0 Å². The fourth-order valence-electron chi connectivity index (χ4n) is 0. The van der Waals surface area contributed by atoms with Crippen molar-refractivity contribution in [1.82, 2.24) is 0 Å². The third-order valence-corrected chi connectivity index (χ3v) is 0. The van der Waals surface area contributed by atoms with Crippen LogP contribution in [0.5, 0.6) is 0 Å². The lowest BCUT2D eigenvalue weighted by Crippen LogP contribution is -2.29. The summed E-state index contributed by atoms with van der Waals surface area (Å²) in [6, 6.07) is 0. The van der Waals surface area contributed by atoms with Gasteiger partial charge in [0.1, 0.15) is 0 Å². The molecule has 0 aromatic rings. The average Bonchev–Trinajstić information content (AvgIpc) is 0.722. The highest BCUT2D eigenvalue weighted by Gasteiger charge is 2.08. The Morgan fingerprint density at radius 1 is 0.800 bits per heavy atom. The molecular formula is H8N4P+. The molecule has 0 rings (SSSR count). The molecule has 0 saturated heterocycles. The van der Waals surface area contributed by atoms with Crippen LogP contribution in [0.4, 0.5) is 0 Å². The third kappa shape index (κ3) is 302. The smallest absolute Gasteiger partial charge is 0.159 e. The molecule has 0 aliphatic carbocycles. The van der Waals surface area contributed by atoms with Gasteiger partial charge in [0.2, 0.25) is 0 Å². The van der Waals surface area contributed by atoms with Crippen molar-refractivity contribution in [3.05, 3.63) is 0 Å². The maximum absolute atomic E-state index is 4.80. The molecule has 0 atom stereocenters. The normalized spacial score (nSPS) is 12.0. The maximum atomic E-state index is 4.80. The van der Waals surface area contributed by atoms with Gasteiger partial charge in [-0.05, 0) is 0 Å². The van der Waals surface area contributed by atoms with Crippen molar-refractivity contribution in [3.8, 4) is 0 Å². The maximum Gasteiger partial charge on any atom is 0.287 e. The molecule has 0 radical (unpaired) electrons. The van der Waals surface area contributed by atoms with E-state index in [4.69, 9.17) is 22.0 Å². The molecule has 0 aliphatic rings. The first-order chi connectivity index (χ1) is 2.00. The van der Waals surface area contributed by atoms with Crippen molar-refractivity contribution in [2.45, 2.75) is 0 Å². The Kier molecular flexibility index (Phi) is 1.22. The van der Waals surface area contributed by atoms with E-state index in [2.05, 4.69) is 0 Å². The zero-order valence-electron chi connectivity index (χ0n) is 2.76. The minimum atomic E-state index is -2.39. The SMILES string of the molecule is N[P+](N)(N)N. The van der Waals surface area contributed by atoms with Crippen LogP contribution in [0, 0.1) is 0 Å². The molecule has 0 saturated carbocycles. The molecule has 0 unspecified atom stereocenters.